The highest BCUT2D eigenvalue weighted by Crippen LogP contribution is 2.06. The van der Waals surface area contributed by atoms with E-state index in [1.165, 1.54) is 0 Å². The lowest BCUT2D eigenvalue weighted by molar-refractivity contribution is -0.121. The molecule has 0 bridgehead atoms. The van der Waals surface area contributed by atoms with Crippen molar-refractivity contribution in [3.05, 3.63) is 35.4 Å². The number of hydrogen-bond donors (Lipinski definition) is 2. The molecule has 122 valence electrons. The second kappa shape index (κ2) is 9.23. The monoisotopic (exact) mass is 304 g/mol. The number of carbonyl (C=O) groups is 2. The van der Waals surface area contributed by atoms with Crippen molar-refractivity contribution >= 4 is 11.8 Å². The fraction of sp³-hybridized carbons (Fsp3) is 0.556. The van der Waals surface area contributed by atoms with Crippen LogP contribution in [0.4, 0.5) is 0 Å². The summed E-state index contributed by atoms with van der Waals surface area (Å²) in [6, 6.07) is 7.54. The van der Waals surface area contributed by atoms with Gasteiger partial charge in [0.2, 0.25) is 5.91 Å². The molecule has 22 heavy (non-hydrogen) atoms. The predicted molar refractivity (Wildman–Crippen MR) is 89.6 cm³/mol. The summed E-state index contributed by atoms with van der Waals surface area (Å²) in [7, 11) is 0. The normalized spacial score (nSPS) is 12.0. The number of nitrogens with one attached hydrogen (secondary N) is 2. The van der Waals surface area contributed by atoms with E-state index in [1.807, 2.05) is 26.0 Å². The van der Waals surface area contributed by atoms with E-state index in [1.54, 1.807) is 12.1 Å². The number of carbonyl (C=O) groups excluding carboxylic acids is 2. The van der Waals surface area contributed by atoms with Gasteiger partial charge in [-0.25, -0.2) is 0 Å². The van der Waals surface area contributed by atoms with E-state index in [-0.39, 0.29) is 17.9 Å². The van der Waals surface area contributed by atoms with Gasteiger partial charge in [-0.2, -0.15) is 0 Å². The largest absolute Gasteiger partial charge is 0.352 e. The van der Waals surface area contributed by atoms with Gasteiger partial charge in [0.1, 0.15) is 0 Å². The number of hydrogen-bond acceptors (Lipinski definition) is 2. The van der Waals surface area contributed by atoms with E-state index in [0.29, 0.717) is 24.4 Å². The lowest BCUT2D eigenvalue weighted by Gasteiger charge is -2.12. The minimum atomic E-state index is -0.0538. The molecule has 0 aliphatic carbocycles. The van der Waals surface area contributed by atoms with Gasteiger partial charge in [0, 0.05) is 24.6 Å². The maximum absolute atomic E-state index is 12.0. The maximum Gasteiger partial charge on any atom is 0.251 e. The molecule has 0 aromatic heterocycles. The van der Waals surface area contributed by atoms with Crippen LogP contribution in [0.3, 0.4) is 0 Å². The molecular formula is C18H28N2O2. The first-order valence-corrected chi connectivity index (χ1v) is 8.08. The molecule has 0 fully saturated rings. The zero-order chi connectivity index (χ0) is 16.5. The summed E-state index contributed by atoms with van der Waals surface area (Å²) < 4.78 is 0. The Morgan fingerprint density at radius 3 is 2.27 bits per heavy atom. The fourth-order valence-electron chi connectivity index (χ4n) is 1.89. The summed E-state index contributed by atoms with van der Waals surface area (Å²) in [6.07, 6.45) is 2.37. The van der Waals surface area contributed by atoms with Crippen molar-refractivity contribution in [1.29, 1.82) is 0 Å². The zero-order valence-corrected chi connectivity index (χ0v) is 14.1. The summed E-state index contributed by atoms with van der Waals surface area (Å²) in [6.45, 7) is 8.74. The van der Waals surface area contributed by atoms with Crippen molar-refractivity contribution in [2.24, 2.45) is 5.92 Å². The summed E-state index contributed by atoms with van der Waals surface area (Å²) in [4.78, 5) is 23.6. The molecule has 4 nitrogen and oxygen atoms in total. The van der Waals surface area contributed by atoms with E-state index in [2.05, 4.69) is 24.5 Å². The van der Waals surface area contributed by atoms with Crippen LogP contribution >= 0.6 is 0 Å². The second-order valence-electron chi connectivity index (χ2n) is 6.19. The van der Waals surface area contributed by atoms with Crippen LogP contribution < -0.4 is 10.6 Å². The van der Waals surface area contributed by atoms with Crippen LogP contribution in [0, 0.1) is 5.92 Å². The third-order valence-corrected chi connectivity index (χ3v) is 3.64. The Morgan fingerprint density at radius 1 is 1.09 bits per heavy atom. The van der Waals surface area contributed by atoms with Crippen molar-refractivity contribution in [3.63, 3.8) is 0 Å². The summed E-state index contributed by atoms with van der Waals surface area (Å²) >= 11 is 0. The highest BCUT2D eigenvalue weighted by Gasteiger charge is 2.08. The van der Waals surface area contributed by atoms with Crippen molar-refractivity contribution < 1.29 is 9.59 Å². The Labute approximate surface area is 133 Å². The maximum atomic E-state index is 12.0. The van der Waals surface area contributed by atoms with Gasteiger partial charge in [-0.05, 0) is 43.4 Å². The van der Waals surface area contributed by atoms with E-state index in [4.69, 9.17) is 0 Å². The van der Waals surface area contributed by atoms with Crippen LogP contribution in [0.15, 0.2) is 24.3 Å². The van der Waals surface area contributed by atoms with Gasteiger partial charge < -0.3 is 10.6 Å². The molecule has 0 aliphatic rings. The van der Waals surface area contributed by atoms with E-state index in [9.17, 15) is 9.59 Å². The van der Waals surface area contributed by atoms with E-state index >= 15 is 0 Å². The molecule has 1 aromatic rings. The van der Waals surface area contributed by atoms with Gasteiger partial charge in [-0.1, -0.05) is 32.9 Å². The van der Waals surface area contributed by atoms with Crippen molar-refractivity contribution in [2.45, 2.75) is 59.5 Å². The van der Waals surface area contributed by atoms with Gasteiger partial charge in [0.15, 0.2) is 0 Å². The Hall–Kier alpha value is -1.84. The molecule has 0 heterocycles. The van der Waals surface area contributed by atoms with Crippen LogP contribution in [-0.4, -0.2) is 17.9 Å². The van der Waals surface area contributed by atoms with Crippen LogP contribution in [-0.2, 0) is 11.3 Å². The summed E-state index contributed by atoms with van der Waals surface area (Å²) in [5.41, 5.74) is 1.65. The van der Waals surface area contributed by atoms with Gasteiger partial charge in [0.25, 0.3) is 5.91 Å². The smallest absolute Gasteiger partial charge is 0.251 e. The minimum Gasteiger partial charge on any atom is -0.352 e. The molecule has 2 N–H and O–H groups in total. The Bertz CT molecular complexity index is 480. The number of amides is 2. The Balaban J connectivity index is 2.44. The molecule has 2 amide bonds. The third kappa shape index (κ3) is 6.74. The van der Waals surface area contributed by atoms with Gasteiger partial charge in [-0.3, -0.25) is 9.59 Å². The number of rotatable bonds is 8. The Morgan fingerprint density at radius 2 is 1.73 bits per heavy atom. The first-order chi connectivity index (χ1) is 10.4. The van der Waals surface area contributed by atoms with Crippen LogP contribution in [0.1, 0.15) is 62.9 Å². The molecule has 1 atom stereocenters. The highest BCUT2D eigenvalue weighted by molar-refractivity contribution is 5.94. The molecule has 0 spiro atoms. The molecule has 0 saturated carbocycles. The molecule has 1 aromatic carbocycles. The Kier molecular flexibility index (Phi) is 7.64. The first kappa shape index (κ1) is 18.2. The average Bonchev–Trinajstić information content (AvgIpc) is 2.51. The fourth-order valence-corrected chi connectivity index (χ4v) is 1.89. The average molecular weight is 304 g/mol. The van der Waals surface area contributed by atoms with Gasteiger partial charge in [0.05, 0.1) is 0 Å². The highest BCUT2D eigenvalue weighted by atomic mass is 16.2. The van der Waals surface area contributed by atoms with Crippen LogP contribution in [0.2, 0.25) is 0 Å². The van der Waals surface area contributed by atoms with Crippen LogP contribution in [0.25, 0.3) is 0 Å². The second-order valence-corrected chi connectivity index (χ2v) is 6.19. The lowest BCUT2D eigenvalue weighted by atomic mass is 10.1. The quantitative estimate of drug-likeness (QED) is 0.774. The molecule has 4 heteroatoms. The molecule has 0 radical (unpaired) electrons. The molecule has 0 unspecified atom stereocenters. The molecule has 1 rings (SSSR count). The topological polar surface area (TPSA) is 58.2 Å². The summed E-state index contributed by atoms with van der Waals surface area (Å²) in [5, 5.41) is 5.84. The minimum absolute atomic E-state index is 0.0538. The SMILES string of the molecule is CC[C@@H](C)NC(=O)c1ccc(CNC(=O)CCC(C)C)cc1. The zero-order valence-electron chi connectivity index (χ0n) is 14.1. The van der Waals surface area contributed by atoms with Crippen molar-refractivity contribution in [3.8, 4) is 0 Å². The van der Waals surface area contributed by atoms with Gasteiger partial charge >= 0.3 is 0 Å². The number of benzene rings is 1. The van der Waals surface area contributed by atoms with E-state index in [0.717, 1.165) is 18.4 Å². The predicted octanol–water partition coefficient (Wildman–Crippen LogP) is 3.27. The van der Waals surface area contributed by atoms with Gasteiger partial charge in [-0.15, -0.1) is 0 Å². The summed E-state index contributed by atoms with van der Waals surface area (Å²) in [5.74, 6) is 0.559. The first-order valence-electron chi connectivity index (χ1n) is 8.08. The van der Waals surface area contributed by atoms with Crippen molar-refractivity contribution in [1.82, 2.24) is 10.6 Å². The van der Waals surface area contributed by atoms with Crippen molar-refractivity contribution in [2.75, 3.05) is 0 Å². The third-order valence-electron chi connectivity index (χ3n) is 3.64. The molecular weight excluding hydrogens is 276 g/mol. The molecule has 0 saturated heterocycles. The lowest BCUT2D eigenvalue weighted by Crippen LogP contribution is -2.31. The van der Waals surface area contributed by atoms with Crippen LogP contribution in [0.5, 0.6) is 0 Å². The standard InChI is InChI=1S/C18H28N2O2/c1-5-14(4)20-18(22)16-9-7-15(8-10-16)12-19-17(21)11-6-13(2)3/h7-10,13-14H,5-6,11-12H2,1-4H3,(H,19,21)(H,20,22)/t14-/m1/s1. The van der Waals surface area contributed by atoms with E-state index < -0.39 is 0 Å². The molecule has 0 aliphatic heterocycles.